The van der Waals surface area contributed by atoms with Crippen molar-refractivity contribution in [3.63, 3.8) is 0 Å². The van der Waals surface area contributed by atoms with Crippen LogP contribution < -0.4 is 11.3 Å². The second kappa shape index (κ2) is 5.48. The monoisotopic (exact) mass is 373 g/mol. The first-order chi connectivity index (χ1) is 8.56. The van der Waals surface area contributed by atoms with Crippen LogP contribution in [0.25, 0.3) is 0 Å². The van der Waals surface area contributed by atoms with Crippen LogP contribution in [-0.4, -0.2) is 15.0 Å². The molecule has 2 aromatic rings. The molecule has 1 heterocycles. The van der Waals surface area contributed by atoms with Crippen molar-refractivity contribution in [2.45, 2.75) is 13.0 Å². The summed E-state index contributed by atoms with van der Waals surface area (Å²) in [6.45, 7) is 2.04. The highest BCUT2D eigenvalue weighted by Crippen LogP contribution is 2.30. The predicted octanol–water partition coefficient (Wildman–Crippen LogP) is 2.20. The van der Waals surface area contributed by atoms with Crippen LogP contribution in [0.4, 0.5) is 0 Å². The fraction of sp³-hybridized carbons (Fsp3) is 0.273. The Morgan fingerprint density at radius 3 is 2.67 bits per heavy atom. The fourth-order valence-corrected chi connectivity index (χ4v) is 2.84. The lowest BCUT2D eigenvalue weighted by atomic mass is 9.99. The molecule has 0 saturated carbocycles. The summed E-state index contributed by atoms with van der Waals surface area (Å²) >= 11 is 6.92. The van der Waals surface area contributed by atoms with Crippen molar-refractivity contribution < 1.29 is 0 Å². The molecule has 0 spiro atoms. The first kappa shape index (κ1) is 13.7. The Morgan fingerprint density at radius 1 is 1.39 bits per heavy atom. The molecule has 0 aliphatic carbocycles. The number of hydrazine groups is 1. The van der Waals surface area contributed by atoms with Gasteiger partial charge in [-0.05, 0) is 40.0 Å². The highest BCUT2D eigenvalue weighted by Gasteiger charge is 2.22. The zero-order chi connectivity index (χ0) is 13.3. The molecule has 5 nitrogen and oxygen atoms in total. The van der Waals surface area contributed by atoms with Crippen molar-refractivity contribution in [2.24, 2.45) is 12.9 Å². The van der Waals surface area contributed by atoms with Gasteiger partial charge in [0.15, 0.2) is 4.60 Å². The molecule has 0 amide bonds. The molecule has 0 aliphatic rings. The van der Waals surface area contributed by atoms with E-state index in [2.05, 4.69) is 47.6 Å². The zero-order valence-corrected chi connectivity index (χ0v) is 13.2. The van der Waals surface area contributed by atoms with Gasteiger partial charge in [-0.15, -0.1) is 5.10 Å². The largest absolute Gasteiger partial charge is 0.271 e. The molecule has 18 heavy (non-hydrogen) atoms. The van der Waals surface area contributed by atoms with Crippen molar-refractivity contribution in [3.8, 4) is 0 Å². The van der Waals surface area contributed by atoms with Gasteiger partial charge in [-0.25, -0.2) is 10.1 Å². The summed E-state index contributed by atoms with van der Waals surface area (Å²) < 4.78 is 3.44. The smallest absolute Gasteiger partial charge is 0.153 e. The Balaban J connectivity index is 2.56. The molecule has 0 fully saturated rings. The zero-order valence-electron chi connectivity index (χ0n) is 9.98. The molecule has 7 heteroatoms. The van der Waals surface area contributed by atoms with Crippen molar-refractivity contribution >= 4 is 31.9 Å². The van der Waals surface area contributed by atoms with Gasteiger partial charge in [0.2, 0.25) is 0 Å². The van der Waals surface area contributed by atoms with Crippen molar-refractivity contribution in [2.75, 3.05) is 0 Å². The summed E-state index contributed by atoms with van der Waals surface area (Å²) in [5.74, 6) is 5.70. The first-order valence-corrected chi connectivity index (χ1v) is 6.91. The SMILES string of the molecule is Cc1c(Br)cccc1C(NN)c1c(Br)nnn1C. The minimum atomic E-state index is -0.170. The highest BCUT2D eigenvalue weighted by molar-refractivity contribution is 9.10. The highest BCUT2D eigenvalue weighted by atomic mass is 79.9. The standard InChI is InChI=1S/C11H13Br2N5/c1-6-7(4-3-5-8(6)12)9(15-14)10-11(13)16-17-18(10)2/h3-5,9,15H,14H2,1-2H3. The van der Waals surface area contributed by atoms with Crippen molar-refractivity contribution in [3.05, 3.63) is 44.1 Å². The number of nitrogens with one attached hydrogen (secondary N) is 1. The number of nitrogens with two attached hydrogens (primary N) is 1. The maximum absolute atomic E-state index is 5.70. The lowest BCUT2D eigenvalue weighted by Gasteiger charge is -2.19. The summed E-state index contributed by atoms with van der Waals surface area (Å²) in [6, 6.07) is 5.85. The third-order valence-corrected chi connectivity index (χ3v) is 4.31. The van der Waals surface area contributed by atoms with Crippen LogP contribution in [0, 0.1) is 6.92 Å². The van der Waals surface area contributed by atoms with E-state index in [0.717, 1.165) is 21.3 Å². The van der Waals surface area contributed by atoms with Gasteiger partial charge in [-0.1, -0.05) is 33.3 Å². The third kappa shape index (κ3) is 2.35. The van der Waals surface area contributed by atoms with Gasteiger partial charge in [0.1, 0.15) is 0 Å². The van der Waals surface area contributed by atoms with E-state index in [9.17, 15) is 0 Å². The molecular formula is C11H13Br2N5. The third-order valence-electron chi connectivity index (χ3n) is 2.89. The fourth-order valence-electron chi connectivity index (χ4n) is 1.90. The van der Waals surface area contributed by atoms with E-state index in [0.29, 0.717) is 4.60 Å². The summed E-state index contributed by atoms with van der Waals surface area (Å²) in [4.78, 5) is 0. The lowest BCUT2D eigenvalue weighted by Crippen LogP contribution is -2.31. The molecule has 3 N–H and O–H groups in total. The summed E-state index contributed by atoms with van der Waals surface area (Å²) in [5, 5.41) is 7.96. The molecule has 0 bridgehead atoms. The number of aryl methyl sites for hydroxylation is 1. The van der Waals surface area contributed by atoms with Crippen LogP contribution in [0.1, 0.15) is 22.9 Å². The maximum atomic E-state index is 5.70. The maximum Gasteiger partial charge on any atom is 0.153 e. The lowest BCUT2D eigenvalue weighted by molar-refractivity contribution is 0.567. The minimum Gasteiger partial charge on any atom is -0.271 e. The van der Waals surface area contributed by atoms with E-state index in [4.69, 9.17) is 5.84 Å². The van der Waals surface area contributed by atoms with Crippen LogP contribution in [0.3, 0.4) is 0 Å². The number of benzene rings is 1. The van der Waals surface area contributed by atoms with E-state index in [1.165, 1.54) is 0 Å². The number of halogens is 2. The average Bonchev–Trinajstić information content (AvgIpc) is 2.67. The number of hydrogen-bond donors (Lipinski definition) is 2. The van der Waals surface area contributed by atoms with Crippen LogP contribution in [0.15, 0.2) is 27.3 Å². The number of rotatable bonds is 3. The Morgan fingerprint density at radius 2 is 2.11 bits per heavy atom. The Hall–Kier alpha value is -0.760. The molecular weight excluding hydrogens is 362 g/mol. The number of nitrogens with zero attached hydrogens (tertiary/aromatic N) is 3. The minimum absolute atomic E-state index is 0.170. The molecule has 1 aromatic heterocycles. The van der Waals surface area contributed by atoms with Gasteiger partial charge < -0.3 is 0 Å². The molecule has 2 rings (SSSR count). The van der Waals surface area contributed by atoms with Gasteiger partial charge in [-0.2, -0.15) is 0 Å². The normalized spacial score (nSPS) is 12.7. The van der Waals surface area contributed by atoms with Gasteiger partial charge in [0.25, 0.3) is 0 Å². The van der Waals surface area contributed by atoms with Crippen molar-refractivity contribution in [1.82, 2.24) is 20.4 Å². The van der Waals surface area contributed by atoms with Crippen LogP contribution in [0.2, 0.25) is 0 Å². The average molecular weight is 375 g/mol. The van der Waals surface area contributed by atoms with Gasteiger partial charge >= 0.3 is 0 Å². The second-order valence-corrected chi connectivity index (χ2v) is 5.55. The Bertz CT molecular complexity index is 547. The quantitative estimate of drug-likeness (QED) is 0.638. The van der Waals surface area contributed by atoms with Crippen molar-refractivity contribution in [1.29, 1.82) is 0 Å². The molecule has 1 atom stereocenters. The van der Waals surface area contributed by atoms with E-state index >= 15 is 0 Å². The molecule has 96 valence electrons. The Kier molecular flexibility index (Phi) is 4.16. The van der Waals surface area contributed by atoms with E-state index < -0.39 is 0 Å². The topological polar surface area (TPSA) is 68.8 Å². The molecule has 0 aliphatic heterocycles. The summed E-state index contributed by atoms with van der Waals surface area (Å²) in [6.07, 6.45) is 0. The van der Waals surface area contributed by atoms with E-state index in [1.807, 2.05) is 32.2 Å². The Labute approximate surface area is 122 Å². The predicted molar refractivity (Wildman–Crippen MR) is 76.7 cm³/mol. The molecule has 1 aromatic carbocycles. The molecule has 0 radical (unpaired) electrons. The van der Waals surface area contributed by atoms with E-state index in [1.54, 1.807) is 4.68 Å². The number of hydrogen-bond acceptors (Lipinski definition) is 4. The van der Waals surface area contributed by atoms with Crippen LogP contribution in [-0.2, 0) is 7.05 Å². The van der Waals surface area contributed by atoms with Gasteiger partial charge in [0.05, 0.1) is 11.7 Å². The first-order valence-electron chi connectivity index (χ1n) is 5.32. The molecule has 0 saturated heterocycles. The van der Waals surface area contributed by atoms with Crippen LogP contribution in [0.5, 0.6) is 0 Å². The summed E-state index contributed by atoms with van der Waals surface area (Å²) in [7, 11) is 1.84. The summed E-state index contributed by atoms with van der Waals surface area (Å²) in [5.41, 5.74) is 5.92. The van der Waals surface area contributed by atoms with Gasteiger partial charge in [0, 0.05) is 11.5 Å². The van der Waals surface area contributed by atoms with Crippen LogP contribution >= 0.6 is 31.9 Å². The number of aromatic nitrogens is 3. The second-order valence-electron chi connectivity index (χ2n) is 3.94. The van der Waals surface area contributed by atoms with E-state index in [-0.39, 0.29) is 6.04 Å². The molecule has 1 unspecified atom stereocenters. The van der Waals surface area contributed by atoms with Gasteiger partial charge in [-0.3, -0.25) is 5.84 Å².